The van der Waals surface area contributed by atoms with Crippen LogP contribution >= 0.6 is 11.6 Å². The highest BCUT2D eigenvalue weighted by Gasteiger charge is 2.17. The fourth-order valence-electron chi connectivity index (χ4n) is 3.31. The Bertz CT molecular complexity index is 857. The van der Waals surface area contributed by atoms with Gasteiger partial charge in [-0.05, 0) is 42.7 Å². The van der Waals surface area contributed by atoms with Gasteiger partial charge in [0.25, 0.3) is 0 Å². The molecule has 0 aliphatic heterocycles. The second-order valence-corrected chi connectivity index (χ2v) is 6.96. The van der Waals surface area contributed by atoms with Crippen LogP contribution in [0.3, 0.4) is 0 Å². The smallest absolute Gasteiger partial charge is 0.225 e. The van der Waals surface area contributed by atoms with Gasteiger partial charge < -0.3 is 10.6 Å². The van der Waals surface area contributed by atoms with Crippen LogP contribution in [0.5, 0.6) is 0 Å². The van der Waals surface area contributed by atoms with E-state index in [9.17, 15) is 0 Å². The summed E-state index contributed by atoms with van der Waals surface area (Å²) in [5.41, 5.74) is 2.10. The summed E-state index contributed by atoms with van der Waals surface area (Å²) >= 11 is 5.94. The van der Waals surface area contributed by atoms with Crippen LogP contribution in [0.2, 0.25) is 5.02 Å². The summed E-state index contributed by atoms with van der Waals surface area (Å²) in [5.74, 6) is 1.57. The third-order valence-corrected chi connectivity index (χ3v) is 4.92. The molecule has 2 N–H and O–H groups in total. The number of benzene rings is 2. The summed E-state index contributed by atoms with van der Waals surface area (Å²) in [4.78, 5) is 9.39. The predicted molar refractivity (Wildman–Crippen MR) is 104 cm³/mol. The highest BCUT2D eigenvalue weighted by Crippen LogP contribution is 2.27. The van der Waals surface area contributed by atoms with E-state index in [0.717, 1.165) is 27.3 Å². The van der Waals surface area contributed by atoms with Crippen molar-refractivity contribution >= 4 is 34.3 Å². The Morgan fingerprint density at radius 1 is 0.960 bits per heavy atom. The van der Waals surface area contributed by atoms with Crippen molar-refractivity contribution in [3.8, 4) is 0 Å². The van der Waals surface area contributed by atoms with E-state index in [1.165, 1.54) is 25.7 Å². The molecule has 1 aliphatic carbocycles. The van der Waals surface area contributed by atoms with Gasteiger partial charge in [0.05, 0.1) is 5.52 Å². The SMILES string of the molecule is Clc1ccc(CNc2nc(NC3CCCC3)c3ccccc3n2)cc1. The second kappa shape index (κ2) is 7.28. The Morgan fingerprint density at radius 2 is 1.72 bits per heavy atom. The summed E-state index contributed by atoms with van der Waals surface area (Å²) < 4.78 is 0. The molecule has 0 atom stereocenters. The van der Waals surface area contributed by atoms with E-state index in [4.69, 9.17) is 16.6 Å². The van der Waals surface area contributed by atoms with Gasteiger partial charge in [-0.3, -0.25) is 0 Å². The molecule has 0 bridgehead atoms. The van der Waals surface area contributed by atoms with Gasteiger partial charge in [0.15, 0.2) is 0 Å². The lowest BCUT2D eigenvalue weighted by molar-refractivity contribution is 0.751. The highest BCUT2D eigenvalue weighted by atomic mass is 35.5. The first kappa shape index (κ1) is 16.2. The van der Waals surface area contributed by atoms with E-state index >= 15 is 0 Å². The normalized spacial score (nSPS) is 14.8. The molecule has 0 spiro atoms. The summed E-state index contributed by atoms with van der Waals surface area (Å²) in [6, 6.07) is 16.5. The van der Waals surface area contributed by atoms with Crippen LogP contribution < -0.4 is 10.6 Å². The van der Waals surface area contributed by atoms with Gasteiger partial charge in [0, 0.05) is 23.0 Å². The number of aromatic nitrogens is 2. The van der Waals surface area contributed by atoms with Crippen molar-refractivity contribution in [3.63, 3.8) is 0 Å². The Morgan fingerprint density at radius 3 is 2.52 bits per heavy atom. The Labute approximate surface area is 152 Å². The lowest BCUT2D eigenvalue weighted by Gasteiger charge is -2.16. The highest BCUT2D eigenvalue weighted by molar-refractivity contribution is 6.30. The van der Waals surface area contributed by atoms with E-state index in [1.807, 2.05) is 42.5 Å². The Hall–Kier alpha value is -2.33. The van der Waals surface area contributed by atoms with Crippen molar-refractivity contribution in [2.24, 2.45) is 0 Å². The number of para-hydroxylation sites is 1. The van der Waals surface area contributed by atoms with E-state index in [0.29, 0.717) is 18.5 Å². The first-order valence-electron chi connectivity index (χ1n) is 8.79. The van der Waals surface area contributed by atoms with Gasteiger partial charge in [-0.25, -0.2) is 4.98 Å². The molecule has 1 aromatic heterocycles. The van der Waals surface area contributed by atoms with Crippen LogP contribution in [-0.4, -0.2) is 16.0 Å². The zero-order valence-electron chi connectivity index (χ0n) is 14.0. The molecule has 5 heteroatoms. The number of rotatable bonds is 5. The van der Waals surface area contributed by atoms with E-state index in [-0.39, 0.29) is 0 Å². The molecule has 1 aliphatic rings. The van der Waals surface area contributed by atoms with Gasteiger partial charge in [-0.2, -0.15) is 4.98 Å². The summed E-state index contributed by atoms with van der Waals surface area (Å²) in [5, 5.41) is 8.77. The zero-order chi connectivity index (χ0) is 17.1. The van der Waals surface area contributed by atoms with Crippen LogP contribution in [-0.2, 0) is 6.54 Å². The van der Waals surface area contributed by atoms with Crippen LogP contribution in [0.4, 0.5) is 11.8 Å². The minimum atomic E-state index is 0.516. The average molecular weight is 353 g/mol. The minimum absolute atomic E-state index is 0.516. The van der Waals surface area contributed by atoms with E-state index in [1.54, 1.807) is 0 Å². The van der Waals surface area contributed by atoms with Crippen LogP contribution in [0.1, 0.15) is 31.2 Å². The predicted octanol–water partition coefficient (Wildman–Crippen LogP) is 5.25. The maximum Gasteiger partial charge on any atom is 0.225 e. The number of hydrogen-bond donors (Lipinski definition) is 2. The second-order valence-electron chi connectivity index (χ2n) is 6.52. The molecule has 0 radical (unpaired) electrons. The van der Waals surface area contributed by atoms with Gasteiger partial charge in [-0.1, -0.05) is 48.7 Å². The molecule has 2 aromatic carbocycles. The number of anilines is 2. The maximum atomic E-state index is 5.94. The third kappa shape index (κ3) is 3.85. The summed E-state index contributed by atoms with van der Waals surface area (Å²) in [6.45, 7) is 0.665. The van der Waals surface area contributed by atoms with Gasteiger partial charge in [-0.15, -0.1) is 0 Å². The molecule has 0 unspecified atom stereocenters. The lowest BCUT2D eigenvalue weighted by Crippen LogP contribution is -2.17. The van der Waals surface area contributed by atoms with Gasteiger partial charge in [0.1, 0.15) is 5.82 Å². The van der Waals surface area contributed by atoms with Crippen molar-refractivity contribution in [1.82, 2.24) is 9.97 Å². The molecule has 25 heavy (non-hydrogen) atoms. The topological polar surface area (TPSA) is 49.8 Å². The molecule has 3 aromatic rings. The van der Waals surface area contributed by atoms with Gasteiger partial charge >= 0.3 is 0 Å². The number of nitrogens with zero attached hydrogens (tertiary/aromatic N) is 2. The molecule has 0 amide bonds. The van der Waals surface area contributed by atoms with Crippen LogP contribution in [0.25, 0.3) is 10.9 Å². The standard InChI is InChI=1S/C20H21ClN4/c21-15-11-9-14(10-12-15)13-22-20-24-18-8-4-3-7-17(18)19(25-20)23-16-5-1-2-6-16/h3-4,7-12,16H,1-2,5-6,13H2,(H2,22,23,24,25). The van der Waals surface area contributed by atoms with Crippen molar-refractivity contribution in [1.29, 1.82) is 0 Å². The van der Waals surface area contributed by atoms with Crippen LogP contribution in [0, 0.1) is 0 Å². The lowest BCUT2D eigenvalue weighted by atomic mass is 10.2. The monoisotopic (exact) mass is 352 g/mol. The third-order valence-electron chi connectivity index (χ3n) is 4.66. The zero-order valence-corrected chi connectivity index (χ0v) is 14.8. The molecule has 1 saturated carbocycles. The molecule has 128 valence electrons. The van der Waals surface area contributed by atoms with Crippen molar-refractivity contribution in [3.05, 3.63) is 59.1 Å². The molecular formula is C20H21ClN4. The minimum Gasteiger partial charge on any atom is -0.367 e. The quantitative estimate of drug-likeness (QED) is 0.658. The number of hydrogen-bond acceptors (Lipinski definition) is 4. The molecular weight excluding hydrogens is 332 g/mol. The largest absolute Gasteiger partial charge is 0.367 e. The molecule has 4 nitrogen and oxygen atoms in total. The first-order chi connectivity index (χ1) is 12.3. The average Bonchev–Trinajstić information content (AvgIpc) is 3.14. The summed E-state index contributed by atoms with van der Waals surface area (Å²) in [7, 11) is 0. The fourth-order valence-corrected chi connectivity index (χ4v) is 3.44. The van der Waals surface area contributed by atoms with E-state index in [2.05, 4.69) is 21.7 Å². The molecule has 1 fully saturated rings. The van der Waals surface area contributed by atoms with E-state index < -0.39 is 0 Å². The molecule has 0 saturated heterocycles. The number of fused-ring (bicyclic) bond motifs is 1. The maximum absolute atomic E-state index is 5.94. The van der Waals surface area contributed by atoms with Crippen molar-refractivity contribution < 1.29 is 0 Å². The van der Waals surface area contributed by atoms with Crippen molar-refractivity contribution in [2.45, 2.75) is 38.3 Å². The Kier molecular flexibility index (Phi) is 4.70. The fraction of sp³-hybridized carbons (Fsp3) is 0.300. The van der Waals surface area contributed by atoms with Crippen molar-refractivity contribution in [2.75, 3.05) is 10.6 Å². The number of nitrogens with one attached hydrogen (secondary N) is 2. The summed E-state index contributed by atoms with van der Waals surface area (Å²) in [6.07, 6.45) is 5.02. The molecule has 4 rings (SSSR count). The molecule has 1 heterocycles. The van der Waals surface area contributed by atoms with Crippen LogP contribution in [0.15, 0.2) is 48.5 Å². The van der Waals surface area contributed by atoms with Gasteiger partial charge in [0.2, 0.25) is 5.95 Å². The number of halogens is 1. The Balaban J connectivity index is 1.58. The first-order valence-corrected chi connectivity index (χ1v) is 9.17.